The number of pyridine rings is 1. The molecule has 3 atom stereocenters. The molecular formula is C30H43N3O2. The molecule has 0 bridgehead atoms. The van der Waals surface area contributed by atoms with Crippen molar-refractivity contribution in [1.82, 2.24) is 9.88 Å². The lowest BCUT2D eigenvalue weighted by Gasteiger charge is -2.61. The quantitative estimate of drug-likeness (QED) is 0.504. The third-order valence-corrected chi connectivity index (χ3v) is 9.42. The van der Waals surface area contributed by atoms with Gasteiger partial charge in [0.25, 0.3) is 5.91 Å². The Hall–Kier alpha value is -2.24. The number of nitrogens with zero attached hydrogens (tertiary/aromatic N) is 2. The van der Waals surface area contributed by atoms with E-state index in [1.54, 1.807) is 6.20 Å². The Morgan fingerprint density at radius 1 is 1.14 bits per heavy atom. The first-order chi connectivity index (χ1) is 16.7. The Morgan fingerprint density at radius 2 is 1.86 bits per heavy atom. The summed E-state index contributed by atoms with van der Waals surface area (Å²) in [6.45, 7) is 11.4. The van der Waals surface area contributed by atoms with Gasteiger partial charge in [0, 0.05) is 31.3 Å². The van der Waals surface area contributed by atoms with Crippen molar-refractivity contribution in [3.63, 3.8) is 0 Å². The van der Waals surface area contributed by atoms with Gasteiger partial charge in [0.2, 0.25) is 0 Å². The van der Waals surface area contributed by atoms with E-state index in [9.17, 15) is 4.79 Å². The predicted octanol–water partition coefficient (Wildman–Crippen LogP) is 5.68. The standard InChI is InChI=1S/C30H43N3O2/c1-6-29(23-13-9-8-10-14-23)20-28(4,21-29)33(7-2)19-25-15-11-12-22(3)30(25,35-5)24-16-17-32-26(18-24)27(31)34/h8-10,13-14,16-18,22,25H,6-7,11-12,15,19-21H2,1-5H3,(H2,31,34). The molecule has 0 radical (unpaired) electrons. The first-order valence-electron chi connectivity index (χ1n) is 13.4. The van der Waals surface area contributed by atoms with E-state index in [1.807, 2.05) is 19.2 Å². The molecule has 2 aromatic rings. The molecule has 0 saturated heterocycles. The summed E-state index contributed by atoms with van der Waals surface area (Å²) in [7, 11) is 1.83. The maximum Gasteiger partial charge on any atom is 0.267 e. The van der Waals surface area contributed by atoms with Crippen LogP contribution in [0, 0.1) is 11.8 Å². The van der Waals surface area contributed by atoms with Crippen LogP contribution in [0.2, 0.25) is 0 Å². The minimum absolute atomic E-state index is 0.164. The first kappa shape index (κ1) is 25.8. The second-order valence-corrected chi connectivity index (χ2v) is 11.2. The van der Waals surface area contributed by atoms with Crippen molar-refractivity contribution in [2.24, 2.45) is 17.6 Å². The molecule has 2 aliphatic carbocycles. The fraction of sp³-hybridized carbons (Fsp3) is 0.600. The Morgan fingerprint density at radius 3 is 2.46 bits per heavy atom. The van der Waals surface area contributed by atoms with Crippen LogP contribution in [0.15, 0.2) is 48.7 Å². The van der Waals surface area contributed by atoms with Gasteiger partial charge in [0.1, 0.15) is 5.69 Å². The molecule has 2 N–H and O–H groups in total. The van der Waals surface area contributed by atoms with Crippen LogP contribution in [0.25, 0.3) is 0 Å². The molecular weight excluding hydrogens is 434 g/mol. The van der Waals surface area contributed by atoms with Crippen LogP contribution < -0.4 is 5.73 Å². The highest BCUT2D eigenvalue weighted by atomic mass is 16.5. The Kier molecular flexibility index (Phi) is 7.40. The molecule has 4 rings (SSSR count). The maximum absolute atomic E-state index is 11.9. The van der Waals surface area contributed by atoms with Crippen LogP contribution in [0.5, 0.6) is 0 Å². The van der Waals surface area contributed by atoms with Crippen LogP contribution >= 0.6 is 0 Å². The van der Waals surface area contributed by atoms with Gasteiger partial charge in [0.15, 0.2) is 0 Å². The number of nitrogens with two attached hydrogens (primary N) is 1. The highest BCUT2D eigenvalue weighted by Gasteiger charge is 2.56. The van der Waals surface area contributed by atoms with E-state index in [1.165, 1.54) is 31.2 Å². The monoisotopic (exact) mass is 477 g/mol. The number of hydrogen-bond donors (Lipinski definition) is 1. The molecule has 0 aliphatic heterocycles. The van der Waals surface area contributed by atoms with Gasteiger partial charge in [-0.25, -0.2) is 0 Å². The highest BCUT2D eigenvalue weighted by molar-refractivity contribution is 5.90. The molecule has 35 heavy (non-hydrogen) atoms. The smallest absolute Gasteiger partial charge is 0.267 e. The molecule has 2 saturated carbocycles. The summed E-state index contributed by atoms with van der Waals surface area (Å²) in [4.78, 5) is 18.8. The first-order valence-corrected chi connectivity index (χ1v) is 13.4. The zero-order valence-electron chi connectivity index (χ0n) is 22.2. The molecule has 2 fully saturated rings. The minimum atomic E-state index is -0.493. The van der Waals surface area contributed by atoms with E-state index in [0.29, 0.717) is 17.5 Å². The summed E-state index contributed by atoms with van der Waals surface area (Å²) in [6.07, 6.45) is 8.64. The average molecular weight is 478 g/mol. The molecule has 1 heterocycles. The van der Waals surface area contributed by atoms with Crippen molar-refractivity contribution in [3.05, 3.63) is 65.5 Å². The molecule has 5 nitrogen and oxygen atoms in total. The molecule has 0 spiro atoms. The Balaban J connectivity index is 1.63. The van der Waals surface area contributed by atoms with E-state index in [-0.39, 0.29) is 11.0 Å². The lowest BCUT2D eigenvalue weighted by Crippen LogP contribution is -2.64. The number of primary amides is 1. The van der Waals surface area contributed by atoms with Crippen molar-refractivity contribution in [2.45, 2.75) is 82.8 Å². The number of amides is 1. The Bertz CT molecular complexity index is 1020. The number of hydrogen-bond acceptors (Lipinski definition) is 4. The van der Waals surface area contributed by atoms with Crippen molar-refractivity contribution in [3.8, 4) is 0 Å². The lowest BCUT2D eigenvalue weighted by molar-refractivity contribution is -0.145. The average Bonchev–Trinajstić information content (AvgIpc) is 2.86. The fourth-order valence-corrected chi connectivity index (χ4v) is 7.62. The number of methoxy groups -OCH3 is 1. The van der Waals surface area contributed by atoms with Crippen LogP contribution in [0.3, 0.4) is 0 Å². The second kappa shape index (κ2) is 10.0. The van der Waals surface area contributed by atoms with E-state index in [2.05, 4.69) is 67.9 Å². The van der Waals surface area contributed by atoms with Gasteiger partial charge in [-0.1, -0.05) is 57.5 Å². The number of rotatable bonds is 9. The topological polar surface area (TPSA) is 68.4 Å². The number of carbonyl (C=O) groups is 1. The lowest BCUT2D eigenvalue weighted by atomic mass is 9.53. The van der Waals surface area contributed by atoms with Crippen molar-refractivity contribution in [2.75, 3.05) is 20.2 Å². The predicted molar refractivity (Wildman–Crippen MR) is 141 cm³/mol. The largest absolute Gasteiger partial charge is 0.373 e. The summed E-state index contributed by atoms with van der Waals surface area (Å²) >= 11 is 0. The van der Waals surface area contributed by atoms with Crippen molar-refractivity contribution >= 4 is 5.91 Å². The molecule has 2 aliphatic rings. The molecule has 190 valence electrons. The number of aromatic nitrogens is 1. The molecule has 3 unspecified atom stereocenters. The van der Waals surface area contributed by atoms with E-state index >= 15 is 0 Å². The normalized spacial score (nSPS) is 32.9. The third-order valence-electron chi connectivity index (χ3n) is 9.42. The van der Waals surface area contributed by atoms with Crippen molar-refractivity contribution in [1.29, 1.82) is 0 Å². The highest BCUT2D eigenvalue weighted by Crippen LogP contribution is 2.56. The van der Waals surface area contributed by atoms with Crippen LogP contribution in [0.4, 0.5) is 0 Å². The summed E-state index contributed by atoms with van der Waals surface area (Å²) < 4.78 is 6.46. The SMILES string of the molecule is CCN(CC1CCCC(C)C1(OC)c1ccnc(C(N)=O)c1)C1(C)CC(CC)(c2ccccc2)C1. The molecule has 1 amide bonds. The Labute approximate surface area is 211 Å². The summed E-state index contributed by atoms with van der Waals surface area (Å²) in [5.74, 6) is 0.165. The second-order valence-electron chi connectivity index (χ2n) is 11.2. The van der Waals surface area contributed by atoms with Gasteiger partial charge in [-0.2, -0.15) is 0 Å². The number of benzene rings is 1. The summed E-state index contributed by atoms with van der Waals surface area (Å²) in [6, 6.07) is 14.9. The number of ether oxygens (including phenoxy) is 1. The summed E-state index contributed by atoms with van der Waals surface area (Å²) in [5.41, 5.74) is 8.38. The van der Waals surface area contributed by atoms with Gasteiger partial charge in [-0.05, 0) is 80.2 Å². The van der Waals surface area contributed by atoms with E-state index in [4.69, 9.17) is 10.5 Å². The zero-order chi connectivity index (χ0) is 25.3. The minimum Gasteiger partial charge on any atom is -0.373 e. The maximum atomic E-state index is 11.9. The van der Waals surface area contributed by atoms with E-state index < -0.39 is 11.5 Å². The molecule has 1 aromatic carbocycles. The van der Waals surface area contributed by atoms with Gasteiger partial charge in [0.05, 0.1) is 5.60 Å². The van der Waals surface area contributed by atoms with Crippen LogP contribution in [-0.2, 0) is 15.8 Å². The third kappa shape index (κ3) is 4.42. The molecule has 5 heteroatoms. The van der Waals surface area contributed by atoms with Gasteiger partial charge >= 0.3 is 0 Å². The number of carbonyl (C=O) groups excluding carboxylic acids is 1. The fourth-order valence-electron chi connectivity index (χ4n) is 7.62. The zero-order valence-corrected chi connectivity index (χ0v) is 22.2. The summed E-state index contributed by atoms with van der Waals surface area (Å²) in [5, 5.41) is 0. The van der Waals surface area contributed by atoms with Crippen molar-refractivity contribution < 1.29 is 9.53 Å². The molecule has 1 aromatic heterocycles. The van der Waals surface area contributed by atoms with Crippen LogP contribution in [0.1, 0.15) is 87.8 Å². The van der Waals surface area contributed by atoms with Gasteiger partial charge in [-0.15, -0.1) is 0 Å². The van der Waals surface area contributed by atoms with Gasteiger partial charge in [-0.3, -0.25) is 14.7 Å². The van der Waals surface area contributed by atoms with Crippen LogP contribution in [-0.4, -0.2) is 41.5 Å². The van der Waals surface area contributed by atoms with Gasteiger partial charge < -0.3 is 10.5 Å². The van der Waals surface area contributed by atoms with E-state index in [0.717, 1.165) is 31.5 Å².